The van der Waals surface area contributed by atoms with Gasteiger partial charge < -0.3 is 9.33 Å². The zero-order chi connectivity index (χ0) is 18.6. The number of alkyl halides is 3. The van der Waals surface area contributed by atoms with E-state index in [9.17, 15) is 18.0 Å². The van der Waals surface area contributed by atoms with Gasteiger partial charge in [-0.2, -0.15) is 13.2 Å². The van der Waals surface area contributed by atoms with Crippen LogP contribution in [0, 0.1) is 0 Å². The van der Waals surface area contributed by atoms with Crippen LogP contribution in [-0.4, -0.2) is 44.5 Å². The summed E-state index contributed by atoms with van der Waals surface area (Å²) in [6, 6.07) is 0. The fraction of sp³-hybridized carbons (Fsp3) is 0.812. The lowest BCUT2D eigenvalue weighted by Crippen LogP contribution is -2.49. The predicted octanol–water partition coefficient (Wildman–Crippen LogP) is 4.75. The molecule has 1 amide bonds. The van der Waals surface area contributed by atoms with E-state index in [-0.39, 0.29) is 18.1 Å². The van der Waals surface area contributed by atoms with Crippen LogP contribution in [-0.2, 0) is 9.22 Å². The summed E-state index contributed by atoms with van der Waals surface area (Å²) >= 11 is 0. The van der Waals surface area contributed by atoms with Crippen molar-refractivity contribution in [2.75, 3.05) is 13.1 Å². The van der Waals surface area contributed by atoms with Crippen LogP contribution in [0.25, 0.3) is 0 Å². The molecule has 0 aromatic rings. The fourth-order valence-electron chi connectivity index (χ4n) is 1.74. The van der Waals surface area contributed by atoms with Crippen molar-refractivity contribution in [3.05, 3.63) is 11.6 Å². The minimum absolute atomic E-state index is 0.0416. The summed E-state index contributed by atoms with van der Waals surface area (Å²) in [6.07, 6.45) is -3.71. The van der Waals surface area contributed by atoms with Gasteiger partial charge in [0.15, 0.2) is 8.32 Å². The van der Waals surface area contributed by atoms with E-state index in [1.165, 1.54) is 0 Å². The molecule has 7 heteroatoms. The van der Waals surface area contributed by atoms with E-state index in [0.717, 1.165) is 10.5 Å². The van der Waals surface area contributed by atoms with Gasteiger partial charge in [0, 0.05) is 13.1 Å². The Kier molecular flexibility index (Phi) is 7.55. The molecule has 0 aliphatic carbocycles. The molecule has 1 atom stereocenters. The lowest BCUT2D eigenvalue weighted by molar-refractivity contribution is -0.185. The number of carbonyl (C=O) groups excluding carboxylic acids is 1. The molecule has 1 unspecified atom stereocenters. The van der Waals surface area contributed by atoms with Gasteiger partial charge in [0.2, 0.25) is 0 Å². The number of halogens is 3. The Balaban J connectivity index is 5.09. The SMILES string of the molecule is CC(C)=CCN(CC(C)O[Si](C)(C)C(C)(C)C)C(=O)C(F)(F)F. The zero-order valence-electron chi connectivity index (χ0n) is 15.5. The molecule has 0 spiro atoms. The average molecular weight is 354 g/mol. The molecule has 0 rings (SSSR count). The number of hydrogen-bond donors (Lipinski definition) is 0. The van der Waals surface area contributed by atoms with E-state index in [1.54, 1.807) is 26.8 Å². The number of hydrogen-bond acceptors (Lipinski definition) is 2. The van der Waals surface area contributed by atoms with Crippen molar-refractivity contribution < 1.29 is 22.4 Å². The van der Waals surface area contributed by atoms with Gasteiger partial charge in [-0.15, -0.1) is 0 Å². The second kappa shape index (κ2) is 7.83. The number of carbonyl (C=O) groups is 1. The van der Waals surface area contributed by atoms with Gasteiger partial charge in [-0.3, -0.25) is 4.79 Å². The summed E-state index contributed by atoms with van der Waals surface area (Å²) in [4.78, 5) is 12.4. The van der Waals surface area contributed by atoms with E-state index in [1.807, 2.05) is 13.1 Å². The van der Waals surface area contributed by atoms with Crippen molar-refractivity contribution in [3.63, 3.8) is 0 Å². The molecule has 0 saturated heterocycles. The molecule has 0 radical (unpaired) electrons. The summed E-state index contributed by atoms with van der Waals surface area (Å²) in [5.74, 6) is -1.82. The van der Waals surface area contributed by atoms with Crippen molar-refractivity contribution in [3.8, 4) is 0 Å². The lowest BCUT2D eigenvalue weighted by Gasteiger charge is -2.39. The number of rotatable bonds is 6. The van der Waals surface area contributed by atoms with Crippen LogP contribution in [0.5, 0.6) is 0 Å². The molecule has 0 fully saturated rings. The molecule has 0 heterocycles. The van der Waals surface area contributed by atoms with Crippen LogP contribution in [0.2, 0.25) is 18.1 Å². The van der Waals surface area contributed by atoms with Gasteiger partial charge in [0.1, 0.15) is 0 Å². The monoisotopic (exact) mass is 353 g/mol. The predicted molar refractivity (Wildman–Crippen MR) is 89.8 cm³/mol. The lowest BCUT2D eigenvalue weighted by atomic mass is 10.2. The molecule has 0 bridgehead atoms. The van der Waals surface area contributed by atoms with Crippen molar-refractivity contribution >= 4 is 14.2 Å². The molecule has 0 N–H and O–H groups in total. The van der Waals surface area contributed by atoms with Gasteiger partial charge in [0.25, 0.3) is 0 Å². The number of amides is 1. The first-order valence-electron chi connectivity index (χ1n) is 7.75. The Morgan fingerprint density at radius 3 is 2.04 bits per heavy atom. The van der Waals surface area contributed by atoms with E-state index >= 15 is 0 Å². The van der Waals surface area contributed by atoms with Crippen molar-refractivity contribution in [1.29, 1.82) is 0 Å². The first-order valence-corrected chi connectivity index (χ1v) is 10.7. The third kappa shape index (κ3) is 7.52. The van der Waals surface area contributed by atoms with Gasteiger partial charge in [0.05, 0.1) is 6.10 Å². The Bertz CT molecular complexity index is 436. The molecule has 0 aliphatic rings. The van der Waals surface area contributed by atoms with E-state index in [2.05, 4.69) is 20.8 Å². The summed E-state index contributed by atoms with van der Waals surface area (Å²) in [7, 11) is -2.09. The molecule has 0 aromatic heterocycles. The Labute approximate surface area is 139 Å². The third-order valence-corrected chi connectivity index (χ3v) is 8.63. The summed E-state index contributed by atoms with van der Waals surface area (Å²) in [6.45, 7) is 15.4. The Hall–Kier alpha value is -0.823. The van der Waals surface area contributed by atoms with Crippen LogP contribution >= 0.6 is 0 Å². The maximum atomic E-state index is 12.8. The normalized spacial score (nSPS) is 14.4. The van der Waals surface area contributed by atoms with Crippen molar-refractivity contribution in [2.45, 2.75) is 72.0 Å². The topological polar surface area (TPSA) is 29.5 Å². The standard InChI is InChI=1S/C16H30F3NO2Si/c1-12(2)9-10-20(14(21)16(17,18)19)11-13(3)22-23(7,8)15(4,5)6/h9,13H,10-11H2,1-8H3. The minimum Gasteiger partial charge on any atom is -0.412 e. The van der Waals surface area contributed by atoms with Gasteiger partial charge in [-0.25, -0.2) is 0 Å². The van der Waals surface area contributed by atoms with Crippen LogP contribution in [0.3, 0.4) is 0 Å². The highest BCUT2D eigenvalue weighted by Crippen LogP contribution is 2.37. The molecule has 0 aromatic carbocycles. The van der Waals surface area contributed by atoms with Crippen LogP contribution in [0.4, 0.5) is 13.2 Å². The average Bonchev–Trinajstić information content (AvgIpc) is 2.29. The van der Waals surface area contributed by atoms with Crippen molar-refractivity contribution in [1.82, 2.24) is 4.90 Å². The van der Waals surface area contributed by atoms with Gasteiger partial charge >= 0.3 is 12.1 Å². The minimum atomic E-state index is -4.87. The molecule has 3 nitrogen and oxygen atoms in total. The quantitative estimate of drug-likeness (QED) is 0.509. The molecule has 23 heavy (non-hydrogen) atoms. The Morgan fingerprint density at radius 2 is 1.70 bits per heavy atom. The largest absolute Gasteiger partial charge is 0.471 e. The van der Waals surface area contributed by atoms with E-state index < -0.39 is 26.5 Å². The molecular formula is C16H30F3NO2Si. The highest BCUT2D eigenvalue weighted by atomic mass is 28.4. The summed E-state index contributed by atoms with van der Waals surface area (Å²) in [5, 5.41) is -0.0416. The van der Waals surface area contributed by atoms with Crippen LogP contribution < -0.4 is 0 Å². The molecular weight excluding hydrogens is 323 g/mol. The second-order valence-electron chi connectivity index (χ2n) is 7.68. The molecule has 136 valence electrons. The van der Waals surface area contributed by atoms with Crippen molar-refractivity contribution in [2.24, 2.45) is 0 Å². The van der Waals surface area contributed by atoms with Crippen LogP contribution in [0.15, 0.2) is 11.6 Å². The van der Waals surface area contributed by atoms with E-state index in [0.29, 0.717) is 0 Å². The first kappa shape index (κ1) is 22.2. The maximum absolute atomic E-state index is 12.8. The zero-order valence-corrected chi connectivity index (χ0v) is 16.5. The molecule has 0 aliphatic heterocycles. The summed E-state index contributed by atoms with van der Waals surface area (Å²) < 4.78 is 44.3. The van der Waals surface area contributed by atoms with Crippen LogP contribution in [0.1, 0.15) is 41.5 Å². The summed E-state index contributed by atoms with van der Waals surface area (Å²) in [5.41, 5.74) is 0.864. The highest BCUT2D eigenvalue weighted by molar-refractivity contribution is 6.74. The Morgan fingerprint density at radius 1 is 1.22 bits per heavy atom. The first-order chi connectivity index (χ1) is 10.1. The maximum Gasteiger partial charge on any atom is 0.471 e. The van der Waals surface area contributed by atoms with Gasteiger partial charge in [-0.05, 0) is 38.9 Å². The number of nitrogens with zero attached hydrogens (tertiary/aromatic N) is 1. The van der Waals surface area contributed by atoms with E-state index in [4.69, 9.17) is 4.43 Å². The third-order valence-electron chi connectivity index (χ3n) is 4.03. The number of allylic oxidation sites excluding steroid dienone is 1. The highest BCUT2D eigenvalue weighted by Gasteiger charge is 2.43. The second-order valence-corrected chi connectivity index (χ2v) is 12.4. The smallest absolute Gasteiger partial charge is 0.412 e. The fourth-order valence-corrected chi connectivity index (χ4v) is 3.17. The molecule has 0 saturated carbocycles. The van der Waals surface area contributed by atoms with Gasteiger partial charge in [-0.1, -0.05) is 32.4 Å².